The van der Waals surface area contributed by atoms with Crippen molar-refractivity contribution in [3.05, 3.63) is 52.5 Å². The molecular formula is C19H20ClNO5. The van der Waals surface area contributed by atoms with Crippen LogP contribution in [0.25, 0.3) is 0 Å². The first kappa shape index (κ1) is 19.6. The first-order valence-electron chi connectivity index (χ1n) is 8.07. The highest BCUT2D eigenvalue weighted by Crippen LogP contribution is 2.37. The quantitative estimate of drug-likeness (QED) is 0.752. The number of ether oxygens (including phenoxy) is 1. The third kappa shape index (κ3) is 4.08. The van der Waals surface area contributed by atoms with Crippen LogP contribution in [0.1, 0.15) is 29.3 Å². The van der Waals surface area contributed by atoms with Crippen molar-refractivity contribution < 1.29 is 24.5 Å². The van der Waals surface area contributed by atoms with Crippen LogP contribution in [-0.4, -0.2) is 35.7 Å². The number of halogens is 1. The number of rotatable bonds is 6. The maximum atomic E-state index is 12.6. The summed E-state index contributed by atoms with van der Waals surface area (Å²) in [5, 5.41) is 19.7. The molecule has 0 bridgehead atoms. The number of methoxy groups -OCH3 is 1. The zero-order valence-corrected chi connectivity index (χ0v) is 15.3. The number of amides is 1. The minimum Gasteiger partial charge on any atom is -0.507 e. The lowest BCUT2D eigenvalue weighted by Gasteiger charge is -2.21. The summed E-state index contributed by atoms with van der Waals surface area (Å²) in [5.41, 5.74) is 0.789. The first-order chi connectivity index (χ1) is 12.4. The number of phenols is 2. The zero-order valence-electron chi connectivity index (χ0n) is 14.5. The maximum Gasteiger partial charge on any atom is 0.341 e. The molecule has 0 aliphatic carbocycles. The number of hydrogen-bond acceptors (Lipinski definition) is 5. The van der Waals surface area contributed by atoms with E-state index in [1.54, 1.807) is 4.90 Å². The fourth-order valence-corrected chi connectivity index (χ4v) is 2.97. The Hall–Kier alpha value is -2.73. The predicted octanol–water partition coefficient (Wildman–Crippen LogP) is 3.52. The van der Waals surface area contributed by atoms with Crippen LogP contribution in [0.4, 0.5) is 5.69 Å². The molecule has 0 spiro atoms. The number of hydrogen-bond donors (Lipinski definition) is 2. The first-order valence-corrected chi connectivity index (χ1v) is 8.45. The van der Waals surface area contributed by atoms with Crippen LogP contribution in [-0.2, 0) is 16.0 Å². The Labute approximate surface area is 156 Å². The molecule has 26 heavy (non-hydrogen) atoms. The summed E-state index contributed by atoms with van der Waals surface area (Å²) >= 11 is 6.09. The second-order valence-electron chi connectivity index (χ2n) is 5.55. The van der Waals surface area contributed by atoms with E-state index in [9.17, 15) is 19.8 Å². The summed E-state index contributed by atoms with van der Waals surface area (Å²) in [6, 6.07) is 10.2. The van der Waals surface area contributed by atoms with Crippen LogP contribution in [0.2, 0.25) is 5.02 Å². The summed E-state index contributed by atoms with van der Waals surface area (Å²) in [5.74, 6) is -1.78. The molecule has 0 aromatic heterocycles. The van der Waals surface area contributed by atoms with Crippen molar-refractivity contribution in [2.24, 2.45) is 0 Å². The van der Waals surface area contributed by atoms with Gasteiger partial charge in [0.2, 0.25) is 5.91 Å². The van der Waals surface area contributed by atoms with Gasteiger partial charge in [-0.25, -0.2) is 4.79 Å². The number of esters is 1. The molecule has 0 saturated carbocycles. The minimum atomic E-state index is -0.790. The third-order valence-electron chi connectivity index (χ3n) is 3.98. The highest BCUT2D eigenvalue weighted by molar-refractivity contribution is 6.33. The molecular weight excluding hydrogens is 358 g/mol. The Bertz CT molecular complexity index is 807. The second kappa shape index (κ2) is 8.58. The highest BCUT2D eigenvalue weighted by atomic mass is 35.5. The molecule has 2 rings (SSSR count). The molecule has 0 aliphatic rings. The average molecular weight is 378 g/mol. The normalized spacial score (nSPS) is 10.4. The van der Waals surface area contributed by atoms with Crippen molar-refractivity contribution in [3.63, 3.8) is 0 Å². The Kier molecular flexibility index (Phi) is 6.46. The van der Waals surface area contributed by atoms with Gasteiger partial charge in [0, 0.05) is 24.7 Å². The summed E-state index contributed by atoms with van der Waals surface area (Å²) < 4.78 is 4.66. The van der Waals surface area contributed by atoms with Crippen molar-refractivity contribution in [2.75, 3.05) is 18.6 Å². The third-order valence-corrected chi connectivity index (χ3v) is 4.41. The molecule has 6 nitrogen and oxygen atoms in total. The van der Waals surface area contributed by atoms with Crippen molar-refractivity contribution in [1.29, 1.82) is 0 Å². The van der Waals surface area contributed by atoms with Gasteiger partial charge in [-0.1, -0.05) is 29.8 Å². The molecule has 7 heteroatoms. The van der Waals surface area contributed by atoms with Gasteiger partial charge in [-0.05, 0) is 31.0 Å². The molecule has 0 unspecified atom stereocenters. The van der Waals surface area contributed by atoms with Crippen molar-refractivity contribution >= 4 is 29.2 Å². The molecule has 0 saturated heterocycles. The molecule has 0 heterocycles. The number of carbonyl (C=O) groups excluding carboxylic acids is 2. The second-order valence-corrected chi connectivity index (χ2v) is 5.93. The fraction of sp³-hybridized carbons (Fsp3) is 0.263. The van der Waals surface area contributed by atoms with Gasteiger partial charge in [-0.2, -0.15) is 0 Å². The zero-order chi connectivity index (χ0) is 19.3. The van der Waals surface area contributed by atoms with Gasteiger partial charge in [0.25, 0.3) is 0 Å². The number of para-hydroxylation sites is 1. The van der Waals surface area contributed by atoms with E-state index < -0.39 is 11.7 Å². The van der Waals surface area contributed by atoms with Crippen LogP contribution in [0.3, 0.4) is 0 Å². The van der Waals surface area contributed by atoms with Gasteiger partial charge >= 0.3 is 5.97 Å². The molecule has 0 aliphatic heterocycles. The van der Waals surface area contributed by atoms with Crippen molar-refractivity contribution in [2.45, 2.75) is 19.8 Å². The van der Waals surface area contributed by atoms with Crippen LogP contribution in [0.15, 0.2) is 36.4 Å². The maximum absolute atomic E-state index is 12.6. The molecule has 1 amide bonds. The largest absolute Gasteiger partial charge is 0.507 e. The fourth-order valence-electron chi connectivity index (χ4n) is 2.73. The number of anilines is 1. The van der Waals surface area contributed by atoms with Crippen molar-refractivity contribution in [3.8, 4) is 11.5 Å². The summed E-state index contributed by atoms with van der Waals surface area (Å²) in [7, 11) is 1.17. The molecule has 2 aromatic rings. The molecule has 2 aromatic carbocycles. The Morgan fingerprint density at radius 2 is 1.81 bits per heavy atom. The Morgan fingerprint density at radius 3 is 2.38 bits per heavy atom. The van der Waals surface area contributed by atoms with Gasteiger partial charge in [0.15, 0.2) is 0 Å². The average Bonchev–Trinajstić information content (AvgIpc) is 2.64. The van der Waals surface area contributed by atoms with E-state index in [2.05, 4.69) is 4.74 Å². The van der Waals surface area contributed by atoms with Crippen molar-refractivity contribution in [1.82, 2.24) is 0 Å². The van der Waals surface area contributed by atoms with Crippen LogP contribution < -0.4 is 4.90 Å². The number of benzene rings is 2. The predicted molar refractivity (Wildman–Crippen MR) is 98.9 cm³/mol. The van der Waals surface area contributed by atoms with E-state index in [0.29, 0.717) is 6.54 Å². The topological polar surface area (TPSA) is 87.1 Å². The summed E-state index contributed by atoms with van der Waals surface area (Å²) in [6.07, 6.45) is 0.0999. The molecule has 2 N–H and O–H groups in total. The smallest absolute Gasteiger partial charge is 0.341 e. The molecule has 0 fully saturated rings. The van der Waals surface area contributed by atoms with E-state index in [0.717, 1.165) is 11.8 Å². The van der Waals surface area contributed by atoms with Gasteiger partial charge in [0.05, 0.1) is 12.1 Å². The standard InChI is InChI=1S/C19H20ClNO5/c1-3-21(12-7-5-4-6-8-12)16(24)10-9-13-17(19(25)26-2)14(22)11-15(23)18(13)20/h4-8,11,22-23H,3,9-10H2,1-2H3. The molecule has 138 valence electrons. The van der Waals surface area contributed by atoms with Crippen LogP contribution >= 0.6 is 11.6 Å². The van der Waals surface area contributed by atoms with Gasteiger partial charge in [-0.3, -0.25) is 4.79 Å². The van der Waals surface area contributed by atoms with Gasteiger partial charge < -0.3 is 19.8 Å². The van der Waals surface area contributed by atoms with Gasteiger partial charge in [-0.15, -0.1) is 0 Å². The van der Waals surface area contributed by atoms with Crippen LogP contribution in [0, 0.1) is 0 Å². The Balaban J connectivity index is 2.28. The Morgan fingerprint density at radius 1 is 1.15 bits per heavy atom. The molecule has 0 radical (unpaired) electrons. The van der Waals surface area contributed by atoms with E-state index in [-0.39, 0.29) is 40.6 Å². The summed E-state index contributed by atoms with van der Waals surface area (Å²) in [4.78, 5) is 26.2. The number of nitrogens with zero attached hydrogens (tertiary/aromatic N) is 1. The molecule has 0 atom stereocenters. The van der Waals surface area contributed by atoms with E-state index in [1.807, 2.05) is 37.3 Å². The lowest BCUT2D eigenvalue weighted by molar-refractivity contribution is -0.118. The lowest BCUT2D eigenvalue weighted by atomic mass is 10.0. The minimum absolute atomic E-state index is 0.0370. The monoisotopic (exact) mass is 377 g/mol. The van der Waals surface area contributed by atoms with Gasteiger partial charge in [0.1, 0.15) is 17.1 Å². The summed E-state index contributed by atoms with van der Waals surface area (Å²) in [6.45, 7) is 2.34. The SMILES string of the molecule is CCN(C(=O)CCc1c(Cl)c(O)cc(O)c1C(=O)OC)c1ccccc1. The number of carbonyl (C=O) groups is 2. The number of phenolic OH excluding ortho intramolecular Hbond substituents is 2. The van der Waals surface area contributed by atoms with E-state index >= 15 is 0 Å². The number of aromatic hydroxyl groups is 2. The van der Waals surface area contributed by atoms with Crippen LogP contribution in [0.5, 0.6) is 11.5 Å². The van der Waals surface area contributed by atoms with E-state index in [4.69, 9.17) is 11.6 Å². The lowest BCUT2D eigenvalue weighted by Crippen LogP contribution is -2.30. The van der Waals surface area contributed by atoms with E-state index in [1.165, 1.54) is 7.11 Å². The highest BCUT2D eigenvalue weighted by Gasteiger charge is 2.24.